The Morgan fingerprint density at radius 2 is 2.09 bits per heavy atom. The molecule has 0 bridgehead atoms. The van der Waals surface area contributed by atoms with E-state index in [-0.39, 0.29) is 5.91 Å². The van der Waals surface area contributed by atoms with Crippen LogP contribution in [0.2, 0.25) is 0 Å². The third-order valence-electron chi connectivity index (χ3n) is 3.31. The number of nitrogens with one attached hydrogen (secondary N) is 1. The molecule has 1 amide bonds. The molecule has 0 saturated carbocycles. The molecule has 0 fully saturated rings. The van der Waals surface area contributed by atoms with Crippen LogP contribution >= 0.6 is 0 Å². The minimum Gasteiger partial charge on any atom is -0.361 e. The molecule has 0 saturated heterocycles. The van der Waals surface area contributed by atoms with Crippen molar-refractivity contribution in [2.24, 2.45) is 0 Å². The molecule has 22 heavy (non-hydrogen) atoms. The van der Waals surface area contributed by atoms with Gasteiger partial charge in [0.2, 0.25) is 0 Å². The van der Waals surface area contributed by atoms with Gasteiger partial charge >= 0.3 is 0 Å². The Kier molecular flexibility index (Phi) is 4.00. The minimum atomic E-state index is -0.245. The summed E-state index contributed by atoms with van der Waals surface area (Å²) in [4.78, 5) is 12.0. The molecular formula is C16H16N4O2. The highest BCUT2D eigenvalue weighted by Crippen LogP contribution is 2.11. The van der Waals surface area contributed by atoms with Gasteiger partial charge in [-0.15, -0.1) is 0 Å². The Hall–Kier alpha value is -2.89. The number of hydrogen-bond donors (Lipinski definition) is 1. The maximum Gasteiger partial charge on any atom is 0.273 e. The lowest BCUT2D eigenvalue weighted by Crippen LogP contribution is -2.24. The van der Waals surface area contributed by atoms with Gasteiger partial charge in [0.15, 0.2) is 5.69 Å². The van der Waals surface area contributed by atoms with E-state index < -0.39 is 0 Å². The lowest BCUT2D eigenvalue weighted by Gasteiger charge is -2.10. The van der Waals surface area contributed by atoms with Crippen molar-refractivity contribution in [2.75, 3.05) is 0 Å². The maximum absolute atomic E-state index is 12.0. The van der Waals surface area contributed by atoms with E-state index in [0.717, 1.165) is 11.1 Å². The Balaban J connectivity index is 1.68. The summed E-state index contributed by atoms with van der Waals surface area (Å²) in [5, 5.41) is 10.8. The van der Waals surface area contributed by atoms with E-state index in [9.17, 15) is 4.79 Å². The van der Waals surface area contributed by atoms with E-state index in [1.807, 2.05) is 41.2 Å². The average Bonchev–Trinajstić information content (AvgIpc) is 3.18. The first-order valence-corrected chi connectivity index (χ1v) is 6.98. The molecule has 0 atom stereocenters. The van der Waals surface area contributed by atoms with Gasteiger partial charge in [-0.25, -0.2) is 0 Å². The summed E-state index contributed by atoms with van der Waals surface area (Å²) in [5.41, 5.74) is 2.46. The van der Waals surface area contributed by atoms with Gasteiger partial charge in [0, 0.05) is 25.0 Å². The number of rotatable bonds is 5. The zero-order chi connectivity index (χ0) is 15.4. The van der Waals surface area contributed by atoms with Crippen molar-refractivity contribution in [1.82, 2.24) is 20.3 Å². The summed E-state index contributed by atoms with van der Waals surface area (Å²) < 4.78 is 6.76. The third-order valence-corrected chi connectivity index (χ3v) is 3.31. The molecule has 6 heteroatoms. The van der Waals surface area contributed by atoms with E-state index in [1.54, 1.807) is 19.2 Å². The van der Waals surface area contributed by atoms with E-state index >= 15 is 0 Å². The van der Waals surface area contributed by atoms with Crippen LogP contribution in [0.3, 0.4) is 0 Å². The van der Waals surface area contributed by atoms with E-state index in [4.69, 9.17) is 4.52 Å². The molecule has 0 unspecified atom stereocenters. The van der Waals surface area contributed by atoms with Crippen molar-refractivity contribution in [3.8, 4) is 0 Å². The second kappa shape index (κ2) is 6.26. The quantitative estimate of drug-likeness (QED) is 0.783. The standard InChI is InChI=1S/C16H16N4O2/c1-12-9-15(19-22-12)16(21)17-10-13-5-2-3-6-14(13)11-20-8-4-7-18-20/h2-9H,10-11H2,1H3,(H,17,21). The molecule has 3 aromatic rings. The fourth-order valence-corrected chi connectivity index (χ4v) is 2.19. The van der Waals surface area contributed by atoms with Crippen molar-refractivity contribution in [3.05, 3.63) is 71.4 Å². The minimum absolute atomic E-state index is 0.245. The SMILES string of the molecule is Cc1cc(C(=O)NCc2ccccc2Cn2cccn2)no1. The number of benzene rings is 1. The molecule has 3 rings (SSSR count). The summed E-state index contributed by atoms with van der Waals surface area (Å²) >= 11 is 0. The van der Waals surface area contributed by atoms with Crippen molar-refractivity contribution in [3.63, 3.8) is 0 Å². The number of hydrogen-bond acceptors (Lipinski definition) is 4. The molecule has 0 spiro atoms. The third kappa shape index (κ3) is 3.22. The van der Waals surface area contributed by atoms with Crippen LogP contribution in [0.4, 0.5) is 0 Å². The molecule has 2 heterocycles. The smallest absolute Gasteiger partial charge is 0.273 e. The lowest BCUT2D eigenvalue weighted by atomic mass is 10.1. The van der Waals surface area contributed by atoms with Crippen LogP contribution < -0.4 is 5.32 Å². The summed E-state index contributed by atoms with van der Waals surface area (Å²) in [6, 6.07) is 11.5. The molecule has 0 radical (unpaired) electrons. The number of amides is 1. The highest BCUT2D eigenvalue weighted by Gasteiger charge is 2.11. The molecule has 0 aliphatic heterocycles. The molecule has 1 aromatic carbocycles. The summed E-state index contributed by atoms with van der Waals surface area (Å²) in [6.07, 6.45) is 3.66. The Morgan fingerprint density at radius 1 is 1.27 bits per heavy atom. The van der Waals surface area contributed by atoms with Gasteiger partial charge in [-0.2, -0.15) is 5.10 Å². The van der Waals surface area contributed by atoms with Gasteiger partial charge in [-0.1, -0.05) is 29.4 Å². The molecule has 0 aliphatic rings. The fraction of sp³-hybridized carbons (Fsp3) is 0.188. The molecule has 0 aliphatic carbocycles. The molecular weight excluding hydrogens is 280 g/mol. The van der Waals surface area contributed by atoms with Gasteiger partial charge in [0.05, 0.1) is 6.54 Å². The van der Waals surface area contributed by atoms with Crippen LogP contribution in [0.15, 0.2) is 53.3 Å². The monoisotopic (exact) mass is 296 g/mol. The van der Waals surface area contributed by atoms with Crippen LogP contribution in [0.5, 0.6) is 0 Å². The fourth-order valence-electron chi connectivity index (χ4n) is 2.19. The summed E-state index contributed by atoms with van der Waals surface area (Å²) in [7, 11) is 0. The van der Waals surface area contributed by atoms with E-state index in [2.05, 4.69) is 15.6 Å². The maximum atomic E-state index is 12.0. The Labute approximate surface area is 127 Å². The van der Waals surface area contributed by atoms with E-state index in [0.29, 0.717) is 24.5 Å². The number of carbonyl (C=O) groups is 1. The van der Waals surface area contributed by atoms with Crippen molar-refractivity contribution < 1.29 is 9.32 Å². The lowest BCUT2D eigenvalue weighted by molar-refractivity contribution is 0.0941. The normalized spacial score (nSPS) is 10.6. The molecule has 1 N–H and O–H groups in total. The first kappa shape index (κ1) is 14.1. The number of aryl methyl sites for hydroxylation is 1. The van der Waals surface area contributed by atoms with Crippen molar-refractivity contribution in [2.45, 2.75) is 20.0 Å². The molecule has 6 nitrogen and oxygen atoms in total. The van der Waals surface area contributed by atoms with Gasteiger partial charge in [0.25, 0.3) is 5.91 Å². The Morgan fingerprint density at radius 3 is 2.77 bits per heavy atom. The summed E-state index contributed by atoms with van der Waals surface area (Å²) in [6.45, 7) is 2.85. The zero-order valence-electron chi connectivity index (χ0n) is 12.2. The first-order chi connectivity index (χ1) is 10.7. The highest BCUT2D eigenvalue weighted by molar-refractivity contribution is 5.92. The Bertz CT molecular complexity index is 762. The summed E-state index contributed by atoms with van der Waals surface area (Å²) in [5.74, 6) is 0.370. The number of carbonyl (C=O) groups excluding carboxylic acids is 1. The largest absolute Gasteiger partial charge is 0.361 e. The van der Waals surface area contributed by atoms with Crippen LogP contribution in [-0.4, -0.2) is 20.8 Å². The van der Waals surface area contributed by atoms with E-state index in [1.165, 1.54) is 0 Å². The van der Waals surface area contributed by atoms with Crippen molar-refractivity contribution >= 4 is 5.91 Å². The van der Waals surface area contributed by atoms with Crippen LogP contribution in [0.25, 0.3) is 0 Å². The van der Waals surface area contributed by atoms with Crippen LogP contribution in [0.1, 0.15) is 27.4 Å². The molecule has 112 valence electrons. The van der Waals surface area contributed by atoms with Crippen LogP contribution in [0, 0.1) is 6.92 Å². The van der Waals surface area contributed by atoms with Gasteiger partial charge in [-0.3, -0.25) is 9.48 Å². The second-order valence-corrected chi connectivity index (χ2v) is 4.98. The number of aromatic nitrogens is 3. The topological polar surface area (TPSA) is 73.0 Å². The second-order valence-electron chi connectivity index (χ2n) is 4.98. The van der Waals surface area contributed by atoms with Gasteiger partial charge < -0.3 is 9.84 Å². The zero-order valence-corrected chi connectivity index (χ0v) is 12.2. The molecule has 2 aromatic heterocycles. The predicted octanol–water partition coefficient (Wildman–Crippen LogP) is 2.16. The van der Waals surface area contributed by atoms with Crippen LogP contribution in [-0.2, 0) is 13.1 Å². The van der Waals surface area contributed by atoms with Gasteiger partial charge in [-0.05, 0) is 24.1 Å². The van der Waals surface area contributed by atoms with Gasteiger partial charge in [0.1, 0.15) is 5.76 Å². The predicted molar refractivity (Wildman–Crippen MR) is 80.2 cm³/mol. The number of nitrogens with zero attached hydrogens (tertiary/aromatic N) is 3. The highest BCUT2D eigenvalue weighted by atomic mass is 16.5. The van der Waals surface area contributed by atoms with Crippen molar-refractivity contribution in [1.29, 1.82) is 0 Å². The first-order valence-electron chi connectivity index (χ1n) is 6.98. The average molecular weight is 296 g/mol.